The Balaban J connectivity index is 2.48. The van der Waals surface area contributed by atoms with E-state index in [0.717, 1.165) is 22.6 Å². The summed E-state index contributed by atoms with van der Waals surface area (Å²) in [5, 5.41) is 8.94. The van der Waals surface area contributed by atoms with Crippen LogP contribution in [0.5, 0.6) is 5.75 Å². The molecule has 0 saturated carbocycles. The second-order valence-corrected chi connectivity index (χ2v) is 4.51. The highest BCUT2D eigenvalue weighted by Gasteiger charge is 2.08. The summed E-state index contributed by atoms with van der Waals surface area (Å²) in [6, 6.07) is 8.94. The third-order valence-corrected chi connectivity index (χ3v) is 3.17. The second-order valence-electron chi connectivity index (χ2n) is 4.10. The minimum Gasteiger partial charge on any atom is -0.496 e. The van der Waals surface area contributed by atoms with Gasteiger partial charge in [-0.05, 0) is 48.4 Å². The van der Waals surface area contributed by atoms with Crippen molar-refractivity contribution in [3.63, 3.8) is 0 Å². The molecular weight excluding hydrogens is 262 g/mol. The van der Waals surface area contributed by atoms with Gasteiger partial charge in [0.1, 0.15) is 10.4 Å². The molecule has 1 heterocycles. The minimum absolute atomic E-state index is 0.101. The van der Waals surface area contributed by atoms with E-state index < -0.39 is 5.97 Å². The minimum atomic E-state index is -1.03. The summed E-state index contributed by atoms with van der Waals surface area (Å²) >= 11 is 5.04. The average molecular weight is 275 g/mol. The Morgan fingerprint density at radius 2 is 2.05 bits per heavy atom. The largest absolute Gasteiger partial charge is 0.496 e. The molecule has 0 aliphatic heterocycles. The summed E-state index contributed by atoms with van der Waals surface area (Å²) < 4.78 is 5.42. The molecule has 0 fully saturated rings. The Bertz CT molecular complexity index is 691. The number of pyridine rings is 1. The van der Waals surface area contributed by atoms with E-state index in [1.165, 1.54) is 6.07 Å². The van der Waals surface area contributed by atoms with Gasteiger partial charge in [0.2, 0.25) is 0 Å². The first-order valence-corrected chi connectivity index (χ1v) is 6.05. The summed E-state index contributed by atoms with van der Waals surface area (Å²) in [6.45, 7) is 1.95. The molecule has 1 aromatic heterocycles. The van der Waals surface area contributed by atoms with Crippen LogP contribution in [0.25, 0.3) is 11.3 Å². The number of rotatable bonds is 3. The van der Waals surface area contributed by atoms with Crippen molar-refractivity contribution >= 4 is 18.2 Å². The molecule has 0 unspecified atom stereocenters. The van der Waals surface area contributed by atoms with E-state index in [9.17, 15) is 4.79 Å². The van der Waals surface area contributed by atoms with Gasteiger partial charge < -0.3 is 14.8 Å². The van der Waals surface area contributed by atoms with Crippen LogP contribution in [0.15, 0.2) is 30.3 Å². The molecule has 4 nitrogen and oxygen atoms in total. The molecule has 0 spiro atoms. The predicted molar refractivity (Wildman–Crippen MR) is 75.3 cm³/mol. The number of H-pyrrole nitrogens is 1. The predicted octanol–water partition coefficient (Wildman–Crippen LogP) is 3.43. The fourth-order valence-corrected chi connectivity index (χ4v) is 2.12. The van der Waals surface area contributed by atoms with Crippen LogP contribution in [0.2, 0.25) is 0 Å². The summed E-state index contributed by atoms with van der Waals surface area (Å²) in [5.74, 6) is -0.219. The number of benzene rings is 1. The highest BCUT2D eigenvalue weighted by atomic mass is 32.1. The number of aromatic carboxylic acids is 1. The lowest BCUT2D eigenvalue weighted by Crippen LogP contribution is -1.99. The fourth-order valence-electron chi connectivity index (χ4n) is 1.86. The van der Waals surface area contributed by atoms with Crippen LogP contribution in [0.4, 0.5) is 0 Å². The van der Waals surface area contributed by atoms with Crippen LogP contribution in [0.1, 0.15) is 15.9 Å². The van der Waals surface area contributed by atoms with Crippen molar-refractivity contribution < 1.29 is 14.6 Å². The molecule has 98 valence electrons. The molecule has 0 saturated heterocycles. The number of carboxylic acid groups (broad SMARTS) is 1. The van der Waals surface area contributed by atoms with Gasteiger partial charge in [0, 0.05) is 5.69 Å². The SMILES string of the molecule is COc1ccc(-c2ccc(C(=O)O)c(=S)[nH]2)cc1C. The molecule has 5 heteroatoms. The maximum atomic E-state index is 10.9. The van der Waals surface area contributed by atoms with Gasteiger partial charge in [0.05, 0.1) is 12.7 Å². The lowest BCUT2D eigenvalue weighted by Gasteiger charge is -2.08. The zero-order valence-corrected chi connectivity index (χ0v) is 11.4. The Hall–Kier alpha value is -2.14. The smallest absolute Gasteiger partial charge is 0.338 e. The van der Waals surface area contributed by atoms with Gasteiger partial charge in [0.15, 0.2) is 0 Å². The molecule has 0 bridgehead atoms. The Kier molecular flexibility index (Phi) is 3.66. The van der Waals surface area contributed by atoms with Crippen molar-refractivity contribution in [2.75, 3.05) is 7.11 Å². The van der Waals surface area contributed by atoms with Gasteiger partial charge >= 0.3 is 5.97 Å². The summed E-state index contributed by atoms with van der Waals surface area (Å²) in [7, 11) is 1.62. The number of methoxy groups -OCH3 is 1. The zero-order valence-electron chi connectivity index (χ0n) is 10.6. The van der Waals surface area contributed by atoms with Crippen LogP contribution in [-0.4, -0.2) is 23.2 Å². The van der Waals surface area contributed by atoms with E-state index in [2.05, 4.69) is 4.98 Å². The fraction of sp³-hybridized carbons (Fsp3) is 0.143. The van der Waals surface area contributed by atoms with E-state index in [-0.39, 0.29) is 10.2 Å². The number of carbonyl (C=O) groups is 1. The molecule has 0 amide bonds. The Morgan fingerprint density at radius 3 is 2.58 bits per heavy atom. The number of hydrogen-bond donors (Lipinski definition) is 2. The first-order valence-electron chi connectivity index (χ1n) is 5.64. The standard InChI is InChI=1S/C14H13NO3S/c1-8-7-9(3-6-12(8)18-2)11-5-4-10(14(16)17)13(19)15-11/h3-7H,1-2H3,(H,15,19)(H,16,17). The molecule has 0 aliphatic carbocycles. The van der Waals surface area contributed by atoms with Crippen molar-refractivity contribution in [3.8, 4) is 17.0 Å². The van der Waals surface area contributed by atoms with Crippen LogP contribution in [0, 0.1) is 11.6 Å². The maximum Gasteiger partial charge on any atom is 0.338 e. The van der Waals surface area contributed by atoms with E-state index in [1.807, 2.05) is 25.1 Å². The molecule has 19 heavy (non-hydrogen) atoms. The number of nitrogens with one attached hydrogen (secondary N) is 1. The summed E-state index contributed by atoms with van der Waals surface area (Å²) in [6.07, 6.45) is 0. The molecular formula is C14H13NO3S. The summed E-state index contributed by atoms with van der Waals surface area (Å²) in [5.41, 5.74) is 2.81. The number of carboxylic acids is 1. The number of ether oxygens (including phenoxy) is 1. The molecule has 0 atom stereocenters. The van der Waals surface area contributed by atoms with E-state index in [1.54, 1.807) is 13.2 Å². The monoisotopic (exact) mass is 275 g/mol. The number of aromatic nitrogens is 1. The molecule has 2 aromatic rings. The van der Waals surface area contributed by atoms with Crippen molar-refractivity contribution in [2.45, 2.75) is 6.92 Å². The average Bonchev–Trinajstić information content (AvgIpc) is 2.38. The Labute approximate surface area is 115 Å². The number of aryl methyl sites for hydroxylation is 1. The Morgan fingerprint density at radius 1 is 1.32 bits per heavy atom. The first kappa shape index (κ1) is 13.3. The lowest BCUT2D eigenvalue weighted by atomic mass is 10.1. The van der Waals surface area contributed by atoms with E-state index in [4.69, 9.17) is 22.1 Å². The van der Waals surface area contributed by atoms with Crippen molar-refractivity contribution in [2.24, 2.45) is 0 Å². The van der Waals surface area contributed by atoms with Gasteiger partial charge in [-0.15, -0.1) is 0 Å². The molecule has 0 aliphatic rings. The number of aromatic amines is 1. The van der Waals surface area contributed by atoms with Gasteiger partial charge in [-0.25, -0.2) is 4.79 Å². The second kappa shape index (κ2) is 5.24. The van der Waals surface area contributed by atoms with Crippen LogP contribution in [0.3, 0.4) is 0 Å². The highest BCUT2D eigenvalue weighted by Crippen LogP contribution is 2.25. The molecule has 2 N–H and O–H groups in total. The number of hydrogen-bond acceptors (Lipinski definition) is 3. The summed E-state index contributed by atoms with van der Waals surface area (Å²) in [4.78, 5) is 13.8. The molecule has 1 aromatic carbocycles. The van der Waals surface area contributed by atoms with E-state index >= 15 is 0 Å². The topological polar surface area (TPSA) is 62.3 Å². The third kappa shape index (κ3) is 2.66. The highest BCUT2D eigenvalue weighted by molar-refractivity contribution is 7.71. The lowest BCUT2D eigenvalue weighted by molar-refractivity contribution is 0.0696. The molecule has 2 rings (SSSR count). The van der Waals surface area contributed by atoms with Gasteiger partial charge in [-0.3, -0.25) is 0 Å². The first-order chi connectivity index (χ1) is 9.02. The maximum absolute atomic E-state index is 10.9. The van der Waals surface area contributed by atoms with Gasteiger partial charge in [-0.1, -0.05) is 12.2 Å². The third-order valence-electron chi connectivity index (χ3n) is 2.85. The van der Waals surface area contributed by atoms with Crippen LogP contribution in [-0.2, 0) is 0 Å². The molecule has 0 radical (unpaired) electrons. The van der Waals surface area contributed by atoms with E-state index in [0.29, 0.717) is 0 Å². The van der Waals surface area contributed by atoms with Crippen LogP contribution < -0.4 is 4.74 Å². The normalized spacial score (nSPS) is 10.2. The van der Waals surface area contributed by atoms with Crippen molar-refractivity contribution in [1.29, 1.82) is 0 Å². The van der Waals surface area contributed by atoms with Crippen molar-refractivity contribution in [1.82, 2.24) is 4.98 Å². The van der Waals surface area contributed by atoms with Gasteiger partial charge in [0.25, 0.3) is 0 Å². The van der Waals surface area contributed by atoms with Gasteiger partial charge in [-0.2, -0.15) is 0 Å². The zero-order chi connectivity index (χ0) is 14.0. The van der Waals surface area contributed by atoms with Crippen molar-refractivity contribution in [3.05, 3.63) is 46.1 Å². The van der Waals surface area contributed by atoms with Crippen LogP contribution >= 0.6 is 12.2 Å². The quantitative estimate of drug-likeness (QED) is 0.842.